The van der Waals surface area contributed by atoms with Gasteiger partial charge in [0.05, 0.1) is 36.2 Å². The van der Waals surface area contributed by atoms with Crippen LogP contribution in [0.3, 0.4) is 0 Å². The highest BCUT2D eigenvalue weighted by molar-refractivity contribution is 9.10. The van der Waals surface area contributed by atoms with Crippen LogP contribution in [-0.4, -0.2) is 43.4 Å². The van der Waals surface area contributed by atoms with Gasteiger partial charge in [0.25, 0.3) is 11.8 Å². The van der Waals surface area contributed by atoms with Crippen LogP contribution in [0, 0.1) is 5.82 Å². The molecule has 3 N–H and O–H groups in total. The molecule has 1 atom stereocenters. The highest BCUT2D eigenvalue weighted by Gasteiger charge is 2.25. The number of H-pyrrole nitrogens is 1. The maximum atomic E-state index is 15.0. The first kappa shape index (κ1) is 27.5. The van der Waals surface area contributed by atoms with E-state index in [1.165, 1.54) is 18.2 Å². The number of carbonyl (C=O) groups is 2. The molecule has 1 aliphatic heterocycles. The molecule has 2 aromatic heterocycles. The van der Waals surface area contributed by atoms with E-state index in [0.29, 0.717) is 41.2 Å². The molecule has 7 rings (SSSR count). The van der Waals surface area contributed by atoms with Gasteiger partial charge < -0.3 is 20.4 Å². The molecule has 3 heterocycles. The monoisotopic (exact) mass is 651 g/mol. The van der Waals surface area contributed by atoms with E-state index in [1.54, 1.807) is 59.7 Å². The first-order valence-corrected chi connectivity index (χ1v) is 14.5. The van der Waals surface area contributed by atoms with Crippen molar-refractivity contribution in [1.29, 1.82) is 0 Å². The van der Waals surface area contributed by atoms with Crippen LogP contribution in [-0.2, 0) is 0 Å². The standard InChI is InChI=1S/C32H23BrFN7O3/c33-20-5-9-30-24(14-20)29(10-11-44-30)41-16-28(39-40-41)23-15-22(6-7-25(23)34)38-31(42)18-2-1-3-21(12-18)37-32(43)19-4-8-26-27(13-19)36-17-35-26/h1-9,12-17,29H,10-11H2,(H,35,36)(H,37,43)(H,38,42)/t29-/m1/s1. The highest BCUT2D eigenvalue weighted by Crippen LogP contribution is 2.37. The third-order valence-electron chi connectivity index (χ3n) is 7.37. The molecule has 6 aromatic rings. The number of benzene rings is 4. The fourth-order valence-electron chi connectivity index (χ4n) is 5.20. The quantitative estimate of drug-likeness (QED) is 0.186. The zero-order valence-corrected chi connectivity index (χ0v) is 24.5. The van der Waals surface area contributed by atoms with Gasteiger partial charge in [-0.1, -0.05) is 27.2 Å². The molecule has 10 nitrogen and oxygen atoms in total. The number of anilines is 2. The summed E-state index contributed by atoms with van der Waals surface area (Å²) < 4.78 is 23.4. The Morgan fingerprint density at radius 1 is 0.955 bits per heavy atom. The fraction of sp³-hybridized carbons (Fsp3) is 0.0938. The number of aromatic amines is 1. The number of rotatable bonds is 6. The maximum absolute atomic E-state index is 15.0. The van der Waals surface area contributed by atoms with Crippen LogP contribution in [0.4, 0.5) is 15.8 Å². The summed E-state index contributed by atoms with van der Waals surface area (Å²) in [5.41, 5.74) is 4.58. The number of halogens is 2. The van der Waals surface area contributed by atoms with Gasteiger partial charge in [0, 0.05) is 44.5 Å². The van der Waals surface area contributed by atoms with Gasteiger partial charge in [0.1, 0.15) is 17.3 Å². The number of carbonyl (C=O) groups excluding carboxylic acids is 2. The van der Waals surface area contributed by atoms with E-state index >= 15 is 0 Å². The molecule has 0 saturated heterocycles. The number of nitrogens with one attached hydrogen (secondary N) is 3. The van der Waals surface area contributed by atoms with Gasteiger partial charge in [-0.3, -0.25) is 9.59 Å². The molecule has 0 radical (unpaired) electrons. The summed E-state index contributed by atoms with van der Waals surface area (Å²) in [6.45, 7) is 0.524. The number of imidazole rings is 1. The molecular formula is C32H23BrFN7O3. The lowest BCUT2D eigenvalue weighted by Gasteiger charge is -2.25. The van der Waals surface area contributed by atoms with Gasteiger partial charge in [0.15, 0.2) is 0 Å². The van der Waals surface area contributed by atoms with E-state index in [-0.39, 0.29) is 17.5 Å². The summed E-state index contributed by atoms with van der Waals surface area (Å²) in [6, 6.07) is 21.7. The number of hydrogen-bond acceptors (Lipinski definition) is 6. The Hall–Kier alpha value is -5.36. The van der Waals surface area contributed by atoms with Crippen LogP contribution in [0.25, 0.3) is 22.3 Å². The van der Waals surface area contributed by atoms with Crippen molar-refractivity contribution in [1.82, 2.24) is 25.0 Å². The van der Waals surface area contributed by atoms with Gasteiger partial charge in [-0.15, -0.1) is 5.10 Å². The predicted octanol–water partition coefficient (Wildman–Crippen LogP) is 6.60. The molecule has 2 amide bonds. The van der Waals surface area contributed by atoms with Crippen molar-refractivity contribution in [2.45, 2.75) is 12.5 Å². The Labute approximate surface area is 258 Å². The summed E-state index contributed by atoms with van der Waals surface area (Å²) in [5.74, 6) is -0.474. The van der Waals surface area contributed by atoms with E-state index in [4.69, 9.17) is 4.74 Å². The van der Waals surface area contributed by atoms with Crippen LogP contribution in [0.15, 0.2) is 95.9 Å². The van der Waals surface area contributed by atoms with Crippen molar-refractivity contribution in [3.63, 3.8) is 0 Å². The second-order valence-electron chi connectivity index (χ2n) is 10.2. The molecule has 0 unspecified atom stereocenters. The van der Waals surface area contributed by atoms with E-state index in [9.17, 15) is 14.0 Å². The highest BCUT2D eigenvalue weighted by atomic mass is 79.9. The number of amides is 2. The summed E-state index contributed by atoms with van der Waals surface area (Å²) >= 11 is 3.51. The maximum Gasteiger partial charge on any atom is 0.255 e. The number of hydrogen-bond donors (Lipinski definition) is 3. The molecule has 0 fully saturated rings. The summed E-state index contributed by atoms with van der Waals surface area (Å²) in [5, 5.41) is 14.2. The zero-order chi connectivity index (χ0) is 30.2. The fourth-order valence-corrected chi connectivity index (χ4v) is 5.57. The van der Waals surface area contributed by atoms with Crippen molar-refractivity contribution < 1.29 is 18.7 Å². The summed E-state index contributed by atoms with van der Waals surface area (Å²) in [7, 11) is 0. The zero-order valence-electron chi connectivity index (χ0n) is 22.9. The summed E-state index contributed by atoms with van der Waals surface area (Å²) in [4.78, 5) is 33.1. The van der Waals surface area contributed by atoms with E-state index in [2.05, 4.69) is 46.8 Å². The molecule has 4 aromatic carbocycles. The Morgan fingerprint density at radius 3 is 2.64 bits per heavy atom. The minimum absolute atomic E-state index is 0.121. The summed E-state index contributed by atoms with van der Waals surface area (Å²) in [6.07, 6.45) is 3.94. The average Bonchev–Trinajstić information content (AvgIpc) is 3.72. The normalized spacial score (nSPS) is 14.1. The predicted molar refractivity (Wildman–Crippen MR) is 166 cm³/mol. The first-order chi connectivity index (χ1) is 21.4. The molecule has 1 aliphatic rings. The minimum Gasteiger partial charge on any atom is -0.493 e. The van der Waals surface area contributed by atoms with Crippen molar-refractivity contribution in [2.24, 2.45) is 0 Å². The average molecular weight is 652 g/mol. The van der Waals surface area contributed by atoms with Gasteiger partial charge in [-0.2, -0.15) is 0 Å². The molecule has 12 heteroatoms. The van der Waals surface area contributed by atoms with Crippen molar-refractivity contribution in [3.8, 4) is 17.0 Å². The number of ether oxygens (including phenoxy) is 1. The molecular weight excluding hydrogens is 629 g/mol. The Balaban J connectivity index is 1.07. The van der Waals surface area contributed by atoms with Gasteiger partial charge in [-0.05, 0) is 72.8 Å². The van der Waals surface area contributed by atoms with Gasteiger partial charge in [-0.25, -0.2) is 14.1 Å². The second kappa shape index (κ2) is 11.4. The van der Waals surface area contributed by atoms with Crippen LogP contribution in [0.1, 0.15) is 38.7 Å². The smallest absolute Gasteiger partial charge is 0.255 e. The Bertz CT molecular complexity index is 2060. The first-order valence-electron chi connectivity index (χ1n) is 13.7. The van der Waals surface area contributed by atoms with Crippen molar-refractivity contribution in [2.75, 3.05) is 17.2 Å². The lowest BCUT2D eigenvalue weighted by atomic mass is 10.0. The topological polar surface area (TPSA) is 127 Å². The van der Waals surface area contributed by atoms with Crippen LogP contribution in [0.2, 0.25) is 0 Å². The minimum atomic E-state index is -0.497. The number of nitrogens with zero attached hydrogens (tertiary/aromatic N) is 4. The molecule has 0 bridgehead atoms. The number of aromatic nitrogens is 5. The Morgan fingerprint density at radius 2 is 1.77 bits per heavy atom. The third-order valence-corrected chi connectivity index (χ3v) is 7.87. The van der Waals surface area contributed by atoms with Crippen LogP contribution >= 0.6 is 15.9 Å². The Kier molecular flexibility index (Phi) is 7.10. The SMILES string of the molecule is O=C(Nc1ccc(F)c(-c2cn([C@@H]3CCOc4ccc(Br)cc43)nn2)c1)c1cccc(NC(=O)c2ccc3nc[nH]c3c2)c1. The van der Waals surface area contributed by atoms with Crippen LogP contribution < -0.4 is 15.4 Å². The molecule has 0 saturated carbocycles. The van der Waals surface area contributed by atoms with E-state index in [1.807, 2.05) is 18.2 Å². The number of fused-ring (bicyclic) bond motifs is 2. The van der Waals surface area contributed by atoms with Crippen LogP contribution in [0.5, 0.6) is 5.75 Å². The lowest BCUT2D eigenvalue weighted by Crippen LogP contribution is -2.20. The molecule has 218 valence electrons. The van der Waals surface area contributed by atoms with E-state index < -0.39 is 11.7 Å². The van der Waals surface area contributed by atoms with Crippen molar-refractivity contribution in [3.05, 3.63) is 118 Å². The third kappa shape index (κ3) is 5.42. The molecule has 0 aliphatic carbocycles. The van der Waals surface area contributed by atoms with Gasteiger partial charge >= 0.3 is 0 Å². The van der Waals surface area contributed by atoms with Gasteiger partial charge in [0.2, 0.25) is 0 Å². The second-order valence-corrected chi connectivity index (χ2v) is 11.2. The lowest BCUT2D eigenvalue weighted by molar-refractivity contribution is 0.101. The molecule has 44 heavy (non-hydrogen) atoms. The van der Waals surface area contributed by atoms with E-state index in [0.717, 1.165) is 26.8 Å². The largest absolute Gasteiger partial charge is 0.493 e. The molecule has 0 spiro atoms. The van der Waals surface area contributed by atoms with Crippen molar-refractivity contribution >= 4 is 50.2 Å².